The van der Waals surface area contributed by atoms with Crippen molar-refractivity contribution in [2.45, 2.75) is 19.8 Å². The maximum absolute atomic E-state index is 13.0. The van der Waals surface area contributed by atoms with Gasteiger partial charge in [-0.3, -0.25) is 14.4 Å². The minimum Gasteiger partial charge on any atom is -0.872 e. The van der Waals surface area contributed by atoms with Crippen molar-refractivity contribution in [3.63, 3.8) is 0 Å². The Labute approximate surface area is 149 Å². The molecule has 25 heavy (non-hydrogen) atoms. The van der Waals surface area contributed by atoms with E-state index in [2.05, 4.69) is 0 Å². The van der Waals surface area contributed by atoms with Crippen molar-refractivity contribution in [1.82, 2.24) is 0 Å². The fraction of sp³-hybridized carbons (Fsp3) is 0.389. The van der Waals surface area contributed by atoms with E-state index >= 15 is 0 Å². The molecule has 0 spiro atoms. The van der Waals surface area contributed by atoms with Crippen molar-refractivity contribution >= 4 is 34.9 Å². The molecule has 2 aliphatic rings. The number of methoxy groups -OCH3 is 1. The summed E-state index contributed by atoms with van der Waals surface area (Å²) in [6, 6.07) is 3.17. The highest BCUT2D eigenvalue weighted by Crippen LogP contribution is 2.44. The van der Waals surface area contributed by atoms with Crippen LogP contribution in [0.25, 0.3) is 5.76 Å². The topological polar surface area (TPSA) is 92.7 Å². The third-order valence-electron chi connectivity index (χ3n) is 4.59. The zero-order valence-electron chi connectivity index (χ0n) is 13.8. The summed E-state index contributed by atoms with van der Waals surface area (Å²) in [6.07, 6.45) is 0.211. The smallest absolute Gasteiger partial charge is 0.324 e. The first-order valence-electron chi connectivity index (χ1n) is 7.91. The molecule has 0 bridgehead atoms. The maximum Gasteiger partial charge on any atom is 0.324 e. The van der Waals surface area contributed by atoms with Crippen LogP contribution in [-0.4, -0.2) is 31.3 Å². The van der Waals surface area contributed by atoms with E-state index < -0.39 is 35.1 Å². The molecule has 0 saturated heterocycles. The number of hydrogen-bond donors (Lipinski definition) is 0. The number of hydrogen-bond acceptors (Lipinski definition) is 6. The second-order valence-electron chi connectivity index (χ2n) is 5.97. The number of esters is 1. The van der Waals surface area contributed by atoms with Gasteiger partial charge in [0.15, 0.2) is 17.5 Å². The summed E-state index contributed by atoms with van der Waals surface area (Å²) in [7, 11) is 1.42. The normalized spacial score (nSPS) is 22.4. The molecule has 0 N–H and O–H groups in total. The van der Waals surface area contributed by atoms with Crippen LogP contribution in [0.4, 0.5) is 0 Å². The fourth-order valence-electron chi connectivity index (χ4n) is 3.50. The third-order valence-corrected chi connectivity index (χ3v) is 4.94. The van der Waals surface area contributed by atoms with Crippen molar-refractivity contribution in [2.24, 2.45) is 11.8 Å². The Bertz CT molecular complexity index is 810. The summed E-state index contributed by atoms with van der Waals surface area (Å²) < 4.78 is 10.0. The van der Waals surface area contributed by atoms with Gasteiger partial charge in [0.25, 0.3) is 0 Å². The van der Waals surface area contributed by atoms with Crippen molar-refractivity contribution in [3.05, 3.63) is 33.9 Å². The van der Waals surface area contributed by atoms with Crippen LogP contribution < -0.4 is 9.84 Å². The van der Waals surface area contributed by atoms with Crippen LogP contribution in [0, 0.1) is 11.8 Å². The van der Waals surface area contributed by atoms with Crippen LogP contribution in [0.1, 0.15) is 24.5 Å². The van der Waals surface area contributed by atoms with Gasteiger partial charge >= 0.3 is 5.97 Å². The van der Waals surface area contributed by atoms with Crippen LogP contribution in [0.15, 0.2) is 17.7 Å². The number of ether oxygens (including phenoxy) is 2. The minimum absolute atomic E-state index is 0.0364. The lowest BCUT2D eigenvalue weighted by atomic mass is 9.69. The Kier molecular flexibility index (Phi) is 4.56. The molecule has 1 aromatic rings. The molecule has 0 aliphatic heterocycles. The number of fused-ring (bicyclic) bond motifs is 2. The van der Waals surface area contributed by atoms with E-state index in [-0.39, 0.29) is 30.6 Å². The highest BCUT2D eigenvalue weighted by Gasteiger charge is 2.46. The van der Waals surface area contributed by atoms with Gasteiger partial charge in [-0.25, -0.2) is 0 Å². The van der Waals surface area contributed by atoms with Crippen LogP contribution in [0.2, 0.25) is 5.02 Å². The van der Waals surface area contributed by atoms with Gasteiger partial charge in [-0.15, -0.1) is 0 Å². The SMILES string of the molecule is CCOC(=O)C1C(=O)CC2Cc3c(Cl)ccc(OC)c3C([O-])=C2C1=O. The van der Waals surface area contributed by atoms with Crippen LogP contribution in [-0.2, 0) is 25.5 Å². The average Bonchev–Trinajstić information content (AvgIpc) is 2.55. The van der Waals surface area contributed by atoms with Gasteiger partial charge in [0, 0.05) is 17.0 Å². The number of ketones is 2. The van der Waals surface area contributed by atoms with Crippen LogP contribution >= 0.6 is 11.6 Å². The zero-order chi connectivity index (χ0) is 18.3. The summed E-state index contributed by atoms with van der Waals surface area (Å²) in [5.41, 5.74) is 0.757. The Morgan fingerprint density at radius 2 is 2.04 bits per heavy atom. The average molecular weight is 364 g/mol. The van der Waals surface area contributed by atoms with E-state index in [0.29, 0.717) is 16.3 Å². The van der Waals surface area contributed by atoms with Crippen LogP contribution in [0.3, 0.4) is 0 Å². The molecule has 0 aromatic heterocycles. The van der Waals surface area contributed by atoms with E-state index in [1.807, 2.05) is 0 Å². The molecule has 1 fully saturated rings. The molecule has 1 saturated carbocycles. The number of benzene rings is 1. The minimum atomic E-state index is -1.55. The molecule has 132 valence electrons. The largest absolute Gasteiger partial charge is 0.872 e. The Morgan fingerprint density at radius 3 is 2.68 bits per heavy atom. The first-order chi connectivity index (χ1) is 11.9. The highest BCUT2D eigenvalue weighted by molar-refractivity contribution is 6.32. The molecule has 2 aliphatic carbocycles. The lowest BCUT2D eigenvalue weighted by Gasteiger charge is -2.37. The number of allylic oxidation sites excluding steroid dienone is 1. The van der Waals surface area contributed by atoms with Crippen molar-refractivity contribution in [3.8, 4) is 5.75 Å². The first kappa shape index (κ1) is 17.5. The Balaban J connectivity index is 2.14. The van der Waals surface area contributed by atoms with Gasteiger partial charge in [0.1, 0.15) is 5.75 Å². The van der Waals surface area contributed by atoms with Gasteiger partial charge < -0.3 is 14.6 Å². The summed E-state index contributed by atoms with van der Waals surface area (Å²) in [4.78, 5) is 37.0. The zero-order valence-corrected chi connectivity index (χ0v) is 14.5. The Hall–Kier alpha value is -2.34. The van der Waals surface area contributed by atoms with Gasteiger partial charge in [0.2, 0.25) is 0 Å². The number of carbonyl (C=O) groups excluding carboxylic acids is 3. The molecule has 2 unspecified atom stereocenters. The summed E-state index contributed by atoms with van der Waals surface area (Å²) >= 11 is 6.20. The van der Waals surface area contributed by atoms with E-state index in [9.17, 15) is 19.5 Å². The first-order valence-corrected chi connectivity index (χ1v) is 8.28. The second-order valence-corrected chi connectivity index (χ2v) is 6.37. The quantitative estimate of drug-likeness (QED) is 0.594. The molecule has 2 atom stereocenters. The molecule has 3 rings (SSSR count). The van der Waals surface area contributed by atoms with Crippen molar-refractivity contribution in [2.75, 3.05) is 13.7 Å². The second kappa shape index (κ2) is 6.52. The van der Waals surface area contributed by atoms with Gasteiger partial charge in [-0.1, -0.05) is 17.4 Å². The Morgan fingerprint density at radius 1 is 1.32 bits per heavy atom. The van der Waals surface area contributed by atoms with Crippen LogP contribution in [0.5, 0.6) is 5.75 Å². The lowest BCUT2D eigenvalue weighted by Crippen LogP contribution is -2.44. The predicted molar refractivity (Wildman–Crippen MR) is 86.9 cm³/mol. The number of halogens is 1. The molecule has 0 heterocycles. The van der Waals surface area contributed by atoms with E-state index in [4.69, 9.17) is 21.1 Å². The molecule has 1 aromatic carbocycles. The van der Waals surface area contributed by atoms with Crippen molar-refractivity contribution < 1.29 is 29.0 Å². The highest BCUT2D eigenvalue weighted by atomic mass is 35.5. The van der Waals surface area contributed by atoms with E-state index in [1.165, 1.54) is 7.11 Å². The van der Waals surface area contributed by atoms with Gasteiger partial charge in [0.05, 0.1) is 13.7 Å². The molecular formula is C18H16ClO6-. The lowest BCUT2D eigenvalue weighted by molar-refractivity contribution is -0.246. The number of carbonyl (C=O) groups is 3. The van der Waals surface area contributed by atoms with E-state index in [1.54, 1.807) is 19.1 Å². The summed E-state index contributed by atoms with van der Waals surface area (Å²) in [5.74, 6) is -4.53. The van der Waals surface area contributed by atoms with Gasteiger partial charge in [-0.2, -0.15) is 0 Å². The maximum atomic E-state index is 13.0. The van der Waals surface area contributed by atoms with E-state index in [0.717, 1.165) is 0 Å². The fourth-order valence-corrected chi connectivity index (χ4v) is 3.74. The predicted octanol–water partition coefficient (Wildman–Crippen LogP) is 1.31. The third kappa shape index (κ3) is 2.70. The molecule has 0 amide bonds. The molecule has 6 nitrogen and oxygen atoms in total. The van der Waals surface area contributed by atoms with Gasteiger partial charge in [-0.05, 0) is 42.5 Å². The summed E-state index contributed by atoms with van der Waals surface area (Å²) in [5, 5.41) is 13.4. The number of Topliss-reactive ketones (excluding diaryl/α,β-unsaturated/α-hetero) is 2. The number of rotatable bonds is 3. The van der Waals surface area contributed by atoms with Crippen molar-refractivity contribution in [1.29, 1.82) is 0 Å². The molecule has 7 heteroatoms. The monoisotopic (exact) mass is 363 g/mol. The summed E-state index contributed by atoms with van der Waals surface area (Å²) in [6.45, 7) is 1.63. The molecule has 0 radical (unpaired) electrons. The molecular weight excluding hydrogens is 348 g/mol. The standard InChI is InChI=1S/C18H17ClO6/c1-3-25-18(23)15-11(20)7-8-6-9-10(19)4-5-12(24-2)14(9)16(21)13(8)17(15)22/h4-5,8,15,21H,3,6-7H2,1-2H3/p-1.